The van der Waals surface area contributed by atoms with Crippen LogP contribution in [0.4, 0.5) is 11.8 Å². The first kappa shape index (κ1) is 13.0. The number of aromatic nitrogens is 2. The SMILES string of the molecule is CCC(=O)c1ccc(-c2cc(NC)nc(N)n2)cc1. The summed E-state index contributed by atoms with van der Waals surface area (Å²) in [4.78, 5) is 19.8. The molecule has 98 valence electrons. The molecule has 0 aliphatic carbocycles. The van der Waals surface area contributed by atoms with E-state index in [1.54, 1.807) is 19.2 Å². The molecule has 0 radical (unpaired) electrons. The molecule has 0 bridgehead atoms. The maximum Gasteiger partial charge on any atom is 0.222 e. The summed E-state index contributed by atoms with van der Waals surface area (Å²) in [6, 6.07) is 9.15. The van der Waals surface area contributed by atoms with E-state index in [9.17, 15) is 4.79 Å². The molecule has 0 spiro atoms. The fourth-order valence-electron chi connectivity index (χ4n) is 1.77. The van der Waals surface area contributed by atoms with E-state index in [-0.39, 0.29) is 11.7 Å². The Morgan fingerprint density at radius 1 is 1.26 bits per heavy atom. The Balaban J connectivity index is 2.37. The number of nitrogens with zero attached hydrogens (tertiary/aromatic N) is 2. The fraction of sp³-hybridized carbons (Fsp3) is 0.214. The standard InChI is InChI=1S/C14H16N4O/c1-3-12(19)10-6-4-9(5-7-10)11-8-13(16-2)18-14(15)17-11/h4-8H,3H2,1-2H3,(H3,15,16,17,18). The predicted molar refractivity (Wildman–Crippen MR) is 76.0 cm³/mol. The van der Waals surface area contributed by atoms with Crippen LogP contribution in [-0.2, 0) is 0 Å². The molecule has 1 heterocycles. The van der Waals surface area contributed by atoms with Crippen molar-refractivity contribution in [3.05, 3.63) is 35.9 Å². The van der Waals surface area contributed by atoms with Gasteiger partial charge >= 0.3 is 0 Å². The van der Waals surface area contributed by atoms with Crippen LogP contribution in [0, 0.1) is 0 Å². The van der Waals surface area contributed by atoms with E-state index in [1.807, 2.05) is 25.1 Å². The highest BCUT2D eigenvalue weighted by atomic mass is 16.1. The van der Waals surface area contributed by atoms with Gasteiger partial charge < -0.3 is 11.1 Å². The number of nitrogens with one attached hydrogen (secondary N) is 1. The third-order valence-corrected chi connectivity index (χ3v) is 2.82. The molecule has 2 aromatic rings. The van der Waals surface area contributed by atoms with Gasteiger partial charge in [0.25, 0.3) is 0 Å². The average Bonchev–Trinajstić information content (AvgIpc) is 2.46. The zero-order chi connectivity index (χ0) is 13.8. The Kier molecular flexibility index (Phi) is 3.75. The summed E-state index contributed by atoms with van der Waals surface area (Å²) in [5.74, 6) is 1.01. The second kappa shape index (κ2) is 5.48. The summed E-state index contributed by atoms with van der Waals surface area (Å²) in [6.45, 7) is 1.85. The predicted octanol–water partition coefficient (Wildman–Crippen LogP) is 2.36. The number of nitrogen functional groups attached to an aromatic ring is 1. The highest BCUT2D eigenvalue weighted by Gasteiger charge is 2.06. The smallest absolute Gasteiger partial charge is 0.222 e. The Morgan fingerprint density at radius 3 is 2.53 bits per heavy atom. The molecule has 0 fully saturated rings. The van der Waals surface area contributed by atoms with Gasteiger partial charge in [0.15, 0.2) is 5.78 Å². The number of benzene rings is 1. The molecule has 5 nitrogen and oxygen atoms in total. The largest absolute Gasteiger partial charge is 0.373 e. The second-order valence-corrected chi connectivity index (χ2v) is 4.10. The molecule has 0 aliphatic rings. The summed E-state index contributed by atoms with van der Waals surface area (Å²) < 4.78 is 0. The molecule has 0 atom stereocenters. The van der Waals surface area contributed by atoms with Gasteiger partial charge in [-0.3, -0.25) is 4.79 Å². The number of carbonyl (C=O) groups excluding carboxylic acids is 1. The van der Waals surface area contributed by atoms with E-state index in [0.717, 1.165) is 11.3 Å². The van der Waals surface area contributed by atoms with E-state index >= 15 is 0 Å². The molecule has 5 heteroatoms. The lowest BCUT2D eigenvalue weighted by molar-refractivity contribution is 0.0988. The van der Waals surface area contributed by atoms with Crippen molar-refractivity contribution in [3.8, 4) is 11.3 Å². The van der Waals surface area contributed by atoms with Gasteiger partial charge in [0, 0.05) is 30.7 Å². The van der Waals surface area contributed by atoms with Crippen LogP contribution in [0.25, 0.3) is 11.3 Å². The van der Waals surface area contributed by atoms with Gasteiger partial charge in [0.1, 0.15) is 5.82 Å². The van der Waals surface area contributed by atoms with E-state index in [0.29, 0.717) is 17.8 Å². The summed E-state index contributed by atoms with van der Waals surface area (Å²) in [5.41, 5.74) is 8.00. The molecular weight excluding hydrogens is 240 g/mol. The zero-order valence-corrected chi connectivity index (χ0v) is 11.0. The van der Waals surface area contributed by atoms with Gasteiger partial charge in [-0.25, -0.2) is 4.98 Å². The topological polar surface area (TPSA) is 80.9 Å². The van der Waals surface area contributed by atoms with Gasteiger partial charge in [-0.05, 0) is 0 Å². The van der Waals surface area contributed by atoms with Gasteiger partial charge in [0.05, 0.1) is 5.69 Å². The van der Waals surface area contributed by atoms with Gasteiger partial charge in [-0.2, -0.15) is 4.98 Å². The molecule has 1 aromatic carbocycles. The monoisotopic (exact) mass is 256 g/mol. The van der Waals surface area contributed by atoms with E-state index in [4.69, 9.17) is 5.73 Å². The number of anilines is 2. The molecule has 3 N–H and O–H groups in total. The third-order valence-electron chi connectivity index (χ3n) is 2.82. The average molecular weight is 256 g/mol. The highest BCUT2D eigenvalue weighted by molar-refractivity contribution is 5.96. The third kappa shape index (κ3) is 2.88. The Morgan fingerprint density at radius 2 is 1.95 bits per heavy atom. The molecule has 2 rings (SSSR count). The fourth-order valence-corrected chi connectivity index (χ4v) is 1.77. The summed E-state index contributed by atoms with van der Waals surface area (Å²) in [7, 11) is 1.77. The molecule has 0 saturated carbocycles. The van der Waals surface area contributed by atoms with Crippen molar-refractivity contribution in [1.82, 2.24) is 9.97 Å². The van der Waals surface area contributed by atoms with Crippen LogP contribution >= 0.6 is 0 Å². The Bertz CT molecular complexity index is 593. The molecule has 0 unspecified atom stereocenters. The second-order valence-electron chi connectivity index (χ2n) is 4.10. The van der Waals surface area contributed by atoms with Crippen LogP contribution in [0.5, 0.6) is 0 Å². The first-order valence-corrected chi connectivity index (χ1v) is 6.10. The first-order valence-electron chi connectivity index (χ1n) is 6.10. The van der Waals surface area contributed by atoms with Crippen molar-refractivity contribution >= 4 is 17.5 Å². The molecule has 0 aliphatic heterocycles. The number of hydrogen-bond acceptors (Lipinski definition) is 5. The lowest BCUT2D eigenvalue weighted by Crippen LogP contribution is -2.01. The quantitative estimate of drug-likeness (QED) is 0.821. The van der Waals surface area contributed by atoms with Crippen LogP contribution in [0.3, 0.4) is 0 Å². The summed E-state index contributed by atoms with van der Waals surface area (Å²) in [6.07, 6.45) is 0.504. The van der Waals surface area contributed by atoms with Gasteiger partial charge in [-0.1, -0.05) is 31.2 Å². The van der Waals surface area contributed by atoms with Crippen LogP contribution in [-0.4, -0.2) is 22.8 Å². The maximum atomic E-state index is 11.6. The van der Waals surface area contributed by atoms with E-state index in [1.165, 1.54) is 0 Å². The molecule has 0 amide bonds. The summed E-state index contributed by atoms with van der Waals surface area (Å²) in [5, 5.41) is 2.93. The highest BCUT2D eigenvalue weighted by Crippen LogP contribution is 2.21. The van der Waals surface area contributed by atoms with Crippen molar-refractivity contribution < 1.29 is 4.79 Å². The molecule has 1 aromatic heterocycles. The summed E-state index contributed by atoms with van der Waals surface area (Å²) >= 11 is 0. The zero-order valence-electron chi connectivity index (χ0n) is 11.0. The molecule has 0 saturated heterocycles. The van der Waals surface area contributed by atoms with Crippen molar-refractivity contribution in [2.24, 2.45) is 0 Å². The maximum absolute atomic E-state index is 11.6. The minimum atomic E-state index is 0.129. The van der Waals surface area contributed by atoms with E-state index < -0.39 is 0 Å². The van der Waals surface area contributed by atoms with Crippen LogP contribution < -0.4 is 11.1 Å². The Labute approximate surface area is 111 Å². The van der Waals surface area contributed by atoms with Crippen LogP contribution in [0.15, 0.2) is 30.3 Å². The van der Waals surface area contributed by atoms with Crippen molar-refractivity contribution in [2.75, 3.05) is 18.1 Å². The van der Waals surface area contributed by atoms with E-state index in [2.05, 4.69) is 15.3 Å². The van der Waals surface area contributed by atoms with Gasteiger partial charge in [0.2, 0.25) is 5.95 Å². The Hall–Kier alpha value is -2.43. The minimum absolute atomic E-state index is 0.129. The van der Waals surface area contributed by atoms with Crippen molar-refractivity contribution in [3.63, 3.8) is 0 Å². The van der Waals surface area contributed by atoms with Crippen LogP contribution in [0.1, 0.15) is 23.7 Å². The lowest BCUT2D eigenvalue weighted by atomic mass is 10.0. The number of rotatable bonds is 4. The molecule has 19 heavy (non-hydrogen) atoms. The molecular formula is C14H16N4O. The number of ketones is 1. The van der Waals surface area contributed by atoms with Crippen molar-refractivity contribution in [1.29, 1.82) is 0 Å². The first-order chi connectivity index (χ1) is 9.13. The van der Waals surface area contributed by atoms with Gasteiger partial charge in [-0.15, -0.1) is 0 Å². The normalized spacial score (nSPS) is 10.2. The number of carbonyl (C=O) groups is 1. The number of hydrogen-bond donors (Lipinski definition) is 2. The van der Waals surface area contributed by atoms with Crippen molar-refractivity contribution in [2.45, 2.75) is 13.3 Å². The lowest BCUT2D eigenvalue weighted by Gasteiger charge is -2.06. The number of Topliss-reactive ketones (excluding diaryl/α,β-unsaturated/α-hetero) is 1. The van der Waals surface area contributed by atoms with Crippen LogP contribution in [0.2, 0.25) is 0 Å². The number of nitrogens with two attached hydrogens (primary N) is 1. The minimum Gasteiger partial charge on any atom is -0.373 e.